The standard InChI is InChI=1S/C16H17N3O3S2/c1-19-15(21)14-12(7-8-23-14)18-16(19)24-9-13(20)17-10-3-5-11(22-2)6-4-10/h3-6H,7-9H2,1-2H3,(H,17,20). The minimum Gasteiger partial charge on any atom is -0.497 e. The molecule has 0 saturated carbocycles. The summed E-state index contributed by atoms with van der Waals surface area (Å²) in [6.45, 7) is 0. The Bertz CT molecular complexity index is 819. The molecule has 2 heterocycles. The third kappa shape index (κ3) is 3.59. The second kappa shape index (κ2) is 7.31. The zero-order valence-corrected chi connectivity index (χ0v) is 15.0. The summed E-state index contributed by atoms with van der Waals surface area (Å²) in [6, 6.07) is 7.13. The first-order valence-electron chi connectivity index (χ1n) is 7.38. The smallest absolute Gasteiger partial charge is 0.267 e. The summed E-state index contributed by atoms with van der Waals surface area (Å²) in [7, 11) is 3.29. The predicted molar refractivity (Wildman–Crippen MR) is 96.3 cm³/mol. The number of ether oxygens (including phenoxy) is 1. The van der Waals surface area contributed by atoms with Gasteiger partial charge in [-0.3, -0.25) is 14.2 Å². The van der Waals surface area contributed by atoms with E-state index in [2.05, 4.69) is 10.3 Å². The van der Waals surface area contributed by atoms with Crippen LogP contribution in [-0.4, -0.2) is 34.1 Å². The van der Waals surface area contributed by atoms with E-state index in [1.807, 2.05) is 0 Å². The number of aryl methyl sites for hydroxylation is 1. The zero-order chi connectivity index (χ0) is 17.1. The van der Waals surface area contributed by atoms with Gasteiger partial charge >= 0.3 is 0 Å². The van der Waals surface area contributed by atoms with Crippen LogP contribution in [0.1, 0.15) is 5.69 Å². The molecule has 2 aromatic rings. The molecule has 1 aliphatic heterocycles. The first-order chi connectivity index (χ1) is 11.6. The summed E-state index contributed by atoms with van der Waals surface area (Å²) in [5, 5.41) is 3.39. The summed E-state index contributed by atoms with van der Waals surface area (Å²) >= 11 is 2.82. The molecule has 0 fully saturated rings. The number of amides is 1. The van der Waals surface area contributed by atoms with Crippen molar-refractivity contribution in [3.05, 3.63) is 40.3 Å². The Morgan fingerprint density at radius 2 is 2.17 bits per heavy atom. The van der Waals surface area contributed by atoms with Crippen molar-refractivity contribution in [2.45, 2.75) is 16.5 Å². The first kappa shape index (κ1) is 16.9. The molecule has 126 valence electrons. The third-order valence-corrected chi connectivity index (χ3v) is 5.71. The molecule has 1 aromatic heterocycles. The van der Waals surface area contributed by atoms with E-state index in [1.54, 1.807) is 50.2 Å². The van der Waals surface area contributed by atoms with Gasteiger partial charge in [-0.05, 0) is 24.3 Å². The van der Waals surface area contributed by atoms with Gasteiger partial charge in [-0.2, -0.15) is 0 Å². The van der Waals surface area contributed by atoms with Crippen LogP contribution in [0.5, 0.6) is 5.75 Å². The molecule has 0 aliphatic carbocycles. The van der Waals surface area contributed by atoms with Gasteiger partial charge in [0.1, 0.15) is 5.75 Å². The molecule has 1 aromatic carbocycles. The summed E-state index contributed by atoms with van der Waals surface area (Å²) < 4.78 is 6.60. The van der Waals surface area contributed by atoms with E-state index in [9.17, 15) is 9.59 Å². The molecule has 24 heavy (non-hydrogen) atoms. The maximum absolute atomic E-state index is 12.3. The normalized spacial score (nSPS) is 12.8. The zero-order valence-electron chi connectivity index (χ0n) is 13.4. The largest absolute Gasteiger partial charge is 0.497 e. The maximum Gasteiger partial charge on any atom is 0.267 e. The van der Waals surface area contributed by atoms with Gasteiger partial charge in [0.25, 0.3) is 5.56 Å². The number of benzene rings is 1. The molecular weight excluding hydrogens is 346 g/mol. The Morgan fingerprint density at radius 3 is 2.88 bits per heavy atom. The summed E-state index contributed by atoms with van der Waals surface area (Å²) in [5.74, 6) is 1.67. The number of nitrogens with zero attached hydrogens (tertiary/aromatic N) is 2. The quantitative estimate of drug-likeness (QED) is 0.648. The van der Waals surface area contributed by atoms with Crippen LogP contribution < -0.4 is 15.6 Å². The van der Waals surface area contributed by atoms with E-state index in [-0.39, 0.29) is 17.2 Å². The van der Waals surface area contributed by atoms with Gasteiger partial charge in [0.05, 0.1) is 23.5 Å². The average molecular weight is 363 g/mol. The van der Waals surface area contributed by atoms with E-state index in [4.69, 9.17) is 4.74 Å². The monoisotopic (exact) mass is 363 g/mol. The second-order valence-corrected chi connectivity index (χ2v) is 7.25. The lowest BCUT2D eigenvalue weighted by Gasteiger charge is -2.09. The molecule has 0 bridgehead atoms. The van der Waals surface area contributed by atoms with Crippen LogP contribution in [0.25, 0.3) is 0 Å². The maximum atomic E-state index is 12.3. The van der Waals surface area contributed by atoms with Gasteiger partial charge in [-0.1, -0.05) is 11.8 Å². The molecule has 1 aliphatic rings. The van der Waals surface area contributed by atoms with Crippen LogP contribution >= 0.6 is 23.5 Å². The van der Waals surface area contributed by atoms with Gasteiger partial charge in [0.2, 0.25) is 5.91 Å². The molecule has 6 nitrogen and oxygen atoms in total. The lowest BCUT2D eigenvalue weighted by molar-refractivity contribution is -0.113. The fourth-order valence-corrected chi connectivity index (χ4v) is 4.16. The van der Waals surface area contributed by atoms with Gasteiger partial charge in [-0.25, -0.2) is 4.98 Å². The Hall–Kier alpha value is -1.93. The van der Waals surface area contributed by atoms with Crippen molar-refractivity contribution in [1.82, 2.24) is 9.55 Å². The van der Waals surface area contributed by atoms with Crippen LogP contribution in [0, 0.1) is 0 Å². The van der Waals surface area contributed by atoms with Gasteiger partial charge < -0.3 is 10.1 Å². The highest BCUT2D eigenvalue weighted by Crippen LogP contribution is 2.28. The lowest BCUT2D eigenvalue weighted by atomic mass is 10.3. The highest BCUT2D eigenvalue weighted by molar-refractivity contribution is 8.00. The summed E-state index contributed by atoms with van der Waals surface area (Å²) in [6.07, 6.45) is 0.807. The molecule has 0 radical (unpaired) electrons. The third-order valence-electron chi connectivity index (χ3n) is 3.57. The fraction of sp³-hybridized carbons (Fsp3) is 0.312. The van der Waals surface area contributed by atoms with E-state index in [0.29, 0.717) is 10.8 Å². The van der Waals surface area contributed by atoms with E-state index >= 15 is 0 Å². The molecule has 0 unspecified atom stereocenters. The van der Waals surface area contributed by atoms with Crippen molar-refractivity contribution in [3.63, 3.8) is 0 Å². The number of hydrogen-bond acceptors (Lipinski definition) is 6. The SMILES string of the molecule is COc1ccc(NC(=O)CSc2nc3c(c(=O)n2C)SCC3)cc1. The Balaban J connectivity index is 1.64. The summed E-state index contributed by atoms with van der Waals surface area (Å²) in [5.41, 5.74) is 1.52. The molecule has 1 amide bonds. The Kier molecular flexibility index (Phi) is 5.15. The van der Waals surface area contributed by atoms with Gasteiger partial charge in [0, 0.05) is 24.9 Å². The Morgan fingerprint density at radius 1 is 1.42 bits per heavy atom. The highest BCUT2D eigenvalue weighted by Gasteiger charge is 2.20. The number of fused-ring (bicyclic) bond motifs is 1. The van der Waals surface area contributed by atoms with Crippen LogP contribution in [0.4, 0.5) is 5.69 Å². The highest BCUT2D eigenvalue weighted by atomic mass is 32.2. The van der Waals surface area contributed by atoms with E-state index in [0.717, 1.165) is 28.5 Å². The van der Waals surface area contributed by atoms with Crippen molar-refractivity contribution in [2.24, 2.45) is 7.05 Å². The molecule has 0 saturated heterocycles. The number of anilines is 1. The number of aromatic nitrogens is 2. The molecule has 3 rings (SSSR count). The Labute approximate surface area is 148 Å². The molecular formula is C16H17N3O3S2. The van der Waals surface area contributed by atoms with Crippen molar-refractivity contribution in [1.29, 1.82) is 0 Å². The number of methoxy groups -OCH3 is 1. The van der Waals surface area contributed by atoms with Crippen LogP contribution in [0.15, 0.2) is 39.1 Å². The summed E-state index contributed by atoms with van der Waals surface area (Å²) in [4.78, 5) is 29.6. The van der Waals surface area contributed by atoms with Crippen molar-refractivity contribution < 1.29 is 9.53 Å². The number of rotatable bonds is 5. The molecule has 0 spiro atoms. The number of thioether (sulfide) groups is 2. The average Bonchev–Trinajstić information content (AvgIpc) is 3.06. The molecule has 0 atom stereocenters. The fourth-order valence-electron chi connectivity index (χ4n) is 2.30. The van der Waals surface area contributed by atoms with E-state index in [1.165, 1.54) is 16.3 Å². The lowest BCUT2D eigenvalue weighted by Crippen LogP contribution is -2.23. The van der Waals surface area contributed by atoms with Crippen LogP contribution in [0.3, 0.4) is 0 Å². The topological polar surface area (TPSA) is 73.2 Å². The van der Waals surface area contributed by atoms with Gasteiger partial charge in [0.15, 0.2) is 5.16 Å². The number of nitrogens with one attached hydrogen (secondary N) is 1. The van der Waals surface area contributed by atoms with Crippen LogP contribution in [0.2, 0.25) is 0 Å². The minimum atomic E-state index is -0.144. The van der Waals surface area contributed by atoms with Crippen molar-refractivity contribution >= 4 is 35.1 Å². The molecule has 8 heteroatoms. The molecule has 1 N–H and O–H groups in total. The number of carbonyl (C=O) groups is 1. The minimum absolute atomic E-state index is 0.0273. The van der Waals surface area contributed by atoms with Gasteiger partial charge in [-0.15, -0.1) is 11.8 Å². The van der Waals surface area contributed by atoms with Crippen molar-refractivity contribution in [3.8, 4) is 5.75 Å². The second-order valence-electron chi connectivity index (χ2n) is 5.20. The van der Waals surface area contributed by atoms with E-state index < -0.39 is 0 Å². The number of carbonyl (C=O) groups excluding carboxylic acids is 1. The van der Waals surface area contributed by atoms with Crippen LogP contribution in [-0.2, 0) is 18.3 Å². The predicted octanol–water partition coefficient (Wildman–Crippen LogP) is 2.17. The van der Waals surface area contributed by atoms with Crippen molar-refractivity contribution in [2.75, 3.05) is 23.9 Å². The first-order valence-corrected chi connectivity index (χ1v) is 9.35. The number of hydrogen-bond donors (Lipinski definition) is 1.